The molecule has 0 unspecified atom stereocenters. The summed E-state index contributed by atoms with van der Waals surface area (Å²) < 4.78 is 7.15. The predicted molar refractivity (Wildman–Crippen MR) is 91.1 cm³/mol. The number of aliphatic imine (C=N–C) groups is 1. The van der Waals surface area contributed by atoms with Gasteiger partial charge < -0.3 is 14.9 Å². The molecule has 8 nitrogen and oxygen atoms in total. The Kier molecular flexibility index (Phi) is 6.57. The number of carbonyl (C=O) groups is 2. The van der Waals surface area contributed by atoms with Crippen molar-refractivity contribution in [1.29, 1.82) is 0 Å². The molecular formula is C17H25N3O5. The number of ketones is 2. The fourth-order valence-corrected chi connectivity index (χ4v) is 2.53. The highest BCUT2D eigenvalue weighted by atomic mass is 16.5. The Balaban J connectivity index is 2.31. The zero-order valence-electron chi connectivity index (χ0n) is 14.8. The van der Waals surface area contributed by atoms with Crippen molar-refractivity contribution in [2.45, 2.75) is 52.4 Å². The number of nitrogens with zero attached hydrogens (tertiary/aromatic N) is 3. The summed E-state index contributed by atoms with van der Waals surface area (Å²) in [4.78, 5) is 32.8. The van der Waals surface area contributed by atoms with Crippen LogP contribution in [0.15, 0.2) is 11.3 Å². The van der Waals surface area contributed by atoms with E-state index in [9.17, 15) is 19.8 Å². The van der Waals surface area contributed by atoms with Gasteiger partial charge in [0, 0.05) is 18.1 Å². The lowest BCUT2D eigenvalue weighted by Crippen LogP contribution is -2.26. The predicted octanol–water partition coefficient (Wildman–Crippen LogP) is 1.44. The van der Waals surface area contributed by atoms with Crippen LogP contribution in [0.2, 0.25) is 0 Å². The molecule has 2 heterocycles. The lowest BCUT2D eigenvalue weighted by atomic mass is 9.98. The molecule has 0 saturated carbocycles. The molecule has 1 aromatic heterocycles. The average Bonchev–Trinajstić information content (AvgIpc) is 3.00. The van der Waals surface area contributed by atoms with Crippen LogP contribution in [0.5, 0.6) is 0 Å². The molecule has 2 N–H and O–H groups in total. The molecular weight excluding hydrogens is 326 g/mol. The van der Waals surface area contributed by atoms with Gasteiger partial charge in [-0.05, 0) is 6.42 Å². The number of Topliss-reactive ketones (excluding diaryl/α,β-unsaturated/α-hetero) is 2. The maximum atomic E-state index is 12.3. The molecule has 1 aliphatic heterocycles. The van der Waals surface area contributed by atoms with Crippen molar-refractivity contribution >= 4 is 23.1 Å². The quantitative estimate of drug-likeness (QED) is 0.696. The van der Waals surface area contributed by atoms with Gasteiger partial charge in [0.05, 0.1) is 32.1 Å². The van der Waals surface area contributed by atoms with Crippen molar-refractivity contribution in [2.75, 3.05) is 13.2 Å². The van der Waals surface area contributed by atoms with Crippen molar-refractivity contribution < 1.29 is 24.5 Å². The minimum atomic E-state index is -0.815. The molecule has 8 heteroatoms. The first-order valence-corrected chi connectivity index (χ1v) is 8.47. The van der Waals surface area contributed by atoms with Crippen LogP contribution in [-0.2, 0) is 9.53 Å². The van der Waals surface area contributed by atoms with Crippen molar-refractivity contribution in [3.05, 3.63) is 12.0 Å². The van der Waals surface area contributed by atoms with Crippen LogP contribution in [0.4, 0.5) is 5.82 Å². The summed E-state index contributed by atoms with van der Waals surface area (Å²) in [6, 6.07) is 0. The number of aliphatic hydroxyl groups excluding tert-OH is 2. The van der Waals surface area contributed by atoms with E-state index in [2.05, 4.69) is 9.98 Å². The SMILES string of the molecule is CC[C@H](CO)O[C@H](CO)n1cnc2c1N=C(CC(=O)C(C)C)CC2=O. The van der Waals surface area contributed by atoms with Gasteiger partial charge in [-0.3, -0.25) is 14.2 Å². The van der Waals surface area contributed by atoms with Gasteiger partial charge in [-0.2, -0.15) is 0 Å². The van der Waals surface area contributed by atoms with E-state index in [1.165, 1.54) is 10.9 Å². The molecule has 1 aliphatic rings. The molecule has 0 saturated heterocycles. The first-order valence-electron chi connectivity index (χ1n) is 8.47. The average molecular weight is 351 g/mol. The first-order chi connectivity index (χ1) is 11.9. The fraction of sp³-hybridized carbons (Fsp3) is 0.647. The number of ether oxygens (including phenoxy) is 1. The van der Waals surface area contributed by atoms with Gasteiger partial charge in [0.1, 0.15) is 5.78 Å². The maximum Gasteiger partial charge on any atom is 0.190 e. The van der Waals surface area contributed by atoms with E-state index in [-0.39, 0.29) is 55.1 Å². The molecule has 2 rings (SSSR count). The summed E-state index contributed by atoms with van der Waals surface area (Å²) in [7, 11) is 0. The van der Waals surface area contributed by atoms with E-state index in [0.29, 0.717) is 12.1 Å². The van der Waals surface area contributed by atoms with Crippen molar-refractivity contribution in [3.8, 4) is 0 Å². The van der Waals surface area contributed by atoms with Crippen LogP contribution in [0, 0.1) is 5.92 Å². The Morgan fingerprint density at radius 2 is 2.08 bits per heavy atom. The number of fused-ring (bicyclic) bond motifs is 1. The third-order valence-corrected chi connectivity index (χ3v) is 4.16. The van der Waals surface area contributed by atoms with Crippen molar-refractivity contribution in [2.24, 2.45) is 10.9 Å². The minimum Gasteiger partial charge on any atom is -0.394 e. The van der Waals surface area contributed by atoms with E-state index >= 15 is 0 Å². The fourth-order valence-electron chi connectivity index (χ4n) is 2.53. The van der Waals surface area contributed by atoms with Gasteiger partial charge in [-0.1, -0.05) is 20.8 Å². The van der Waals surface area contributed by atoms with Crippen LogP contribution in [0.25, 0.3) is 0 Å². The Morgan fingerprint density at radius 1 is 1.36 bits per heavy atom. The standard InChI is InChI=1S/C17H25N3O5/c1-4-12(7-21)25-15(8-22)20-9-18-16-14(24)6-11(19-17(16)20)5-13(23)10(2)3/h9-10,12,15,21-22H,4-8H2,1-3H3/t12-,15-/m1/s1. The highest BCUT2D eigenvalue weighted by Crippen LogP contribution is 2.30. The summed E-state index contributed by atoms with van der Waals surface area (Å²) >= 11 is 0. The van der Waals surface area contributed by atoms with Crippen LogP contribution < -0.4 is 0 Å². The van der Waals surface area contributed by atoms with Gasteiger partial charge in [0.2, 0.25) is 0 Å². The Morgan fingerprint density at radius 3 is 2.64 bits per heavy atom. The number of hydrogen-bond acceptors (Lipinski definition) is 7. The van der Waals surface area contributed by atoms with Gasteiger partial charge >= 0.3 is 0 Å². The molecule has 0 fully saturated rings. The van der Waals surface area contributed by atoms with Gasteiger partial charge in [0.15, 0.2) is 23.5 Å². The Bertz CT molecular complexity index is 661. The number of carbonyl (C=O) groups excluding carboxylic acids is 2. The van der Waals surface area contributed by atoms with Gasteiger partial charge in [0.25, 0.3) is 0 Å². The molecule has 2 atom stereocenters. The second-order valence-corrected chi connectivity index (χ2v) is 6.39. The topological polar surface area (TPSA) is 114 Å². The van der Waals surface area contributed by atoms with Crippen molar-refractivity contribution in [3.63, 3.8) is 0 Å². The molecule has 0 aliphatic carbocycles. The molecule has 0 aromatic carbocycles. The smallest absolute Gasteiger partial charge is 0.190 e. The number of imidazole rings is 1. The Labute approximate surface area is 146 Å². The third kappa shape index (κ3) is 4.39. The first kappa shape index (κ1) is 19.4. The normalized spacial score (nSPS) is 16.6. The highest BCUT2D eigenvalue weighted by molar-refractivity contribution is 6.18. The number of rotatable bonds is 9. The number of hydrogen-bond donors (Lipinski definition) is 2. The molecule has 0 bridgehead atoms. The van der Waals surface area contributed by atoms with E-state index < -0.39 is 12.3 Å². The van der Waals surface area contributed by atoms with Crippen LogP contribution in [0.1, 0.15) is 56.8 Å². The van der Waals surface area contributed by atoms with E-state index in [0.717, 1.165) is 0 Å². The number of aromatic nitrogens is 2. The zero-order valence-corrected chi connectivity index (χ0v) is 14.8. The molecule has 0 radical (unpaired) electrons. The Hall–Kier alpha value is -1.90. The van der Waals surface area contributed by atoms with Gasteiger partial charge in [-0.25, -0.2) is 9.98 Å². The van der Waals surface area contributed by atoms with Gasteiger partial charge in [-0.15, -0.1) is 0 Å². The molecule has 0 spiro atoms. The molecule has 0 amide bonds. The molecule has 1 aromatic rings. The maximum absolute atomic E-state index is 12.3. The summed E-state index contributed by atoms with van der Waals surface area (Å²) in [5, 5.41) is 18.9. The van der Waals surface area contributed by atoms with E-state index in [1.54, 1.807) is 13.8 Å². The summed E-state index contributed by atoms with van der Waals surface area (Å²) in [5.74, 6) is -0.0364. The lowest BCUT2D eigenvalue weighted by molar-refractivity contribution is -0.120. The third-order valence-electron chi connectivity index (χ3n) is 4.16. The molecule has 25 heavy (non-hydrogen) atoms. The highest BCUT2D eigenvalue weighted by Gasteiger charge is 2.29. The minimum absolute atomic E-state index is 0.0161. The van der Waals surface area contributed by atoms with Crippen LogP contribution in [0.3, 0.4) is 0 Å². The van der Waals surface area contributed by atoms with Crippen molar-refractivity contribution in [1.82, 2.24) is 9.55 Å². The van der Waals surface area contributed by atoms with Crippen LogP contribution >= 0.6 is 0 Å². The molecule has 138 valence electrons. The zero-order chi connectivity index (χ0) is 18.6. The second-order valence-electron chi connectivity index (χ2n) is 6.39. The van der Waals surface area contributed by atoms with Crippen LogP contribution in [-0.4, -0.2) is 56.4 Å². The lowest BCUT2D eigenvalue weighted by Gasteiger charge is -2.24. The van der Waals surface area contributed by atoms with E-state index in [4.69, 9.17) is 4.74 Å². The largest absolute Gasteiger partial charge is 0.394 e. The summed E-state index contributed by atoms with van der Waals surface area (Å²) in [6.45, 7) is 4.93. The summed E-state index contributed by atoms with van der Waals surface area (Å²) in [6.07, 6.45) is 0.893. The number of aliphatic hydroxyl groups is 2. The van der Waals surface area contributed by atoms with E-state index in [1.807, 2.05) is 6.92 Å². The second kappa shape index (κ2) is 8.46. The monoisotopic (exact) mass is 351 g/mol. The summed E-state index contributed by atoms with van der Waals surface area (Å²) in [5.41, 5.74) is 0.698.